The number of amides is 1. The van der Waals surface area contributed by atoms with Crippen LogP contribution in [0.2, 0.25) is 0 Å². The first-order valence-electron chi connectivity index (χ1n) is 6.50. The number of carbonyl (C=O) groups is 1. The molecule has 2 unspecified atom stereocenters. The van der Waals surface area contributed by atoms with Crippen LogP contribution in [0.15, 0.2) is 60.7 Å². The molecule has 0 aromatic heterocycles. The van der Waals surface area contributed by atoms with Gasteiger partial charge in [0, 0.05) is 11.1 Å². The van der Waals surface area contributed by atoms with Gasteiger partial charge in [-0.3, -0.25) is 4.79 Å². The zero-order chi connectivity index (χ0) is 16.2. The summed E-state index contributed by atoms with van der Waals surface area (Å²) in [5.74, 6) is -0.213. The third-order valence-electron chi connectivity index (χ3n) is 2.80. The van der Waals surface area contributed by atoms with Crippen LogP contribution in [0.25, 0.3) is 0 Å². The molecule has 2 aromatic rings. The van der Waals surface area contributed by atoms with Crippen molar-refractivity contribution in [3.05, 3.63) is 71.8 Å². The van der Waals surface area contributed by atoms with Crippen molar-refractivity contribution >= 4 is 62.7 Å². The summed E-state index contributed by atoms with van der Waals surface area (Å²) in [7, 11) is 0. The third kappa shape index (κ3) is 5.07. The lowest BCUT2D eigenvalue weighted by Crippen LogP contribution is -2.45. The van der Waals surface area contributed by atoms with Gasteiger partial charge in [0.25, 0.3) is 5.91 Å². The van der Waals surface area contributed by atoms with E-state index in [-0.39, 0.29) is 5.91 Å². The summed E-state index contributed by atoms with van der Waals surface area (Å²) in [6.45, 7) is 1.76. The number of carbonyl (C=O) groups excluding carboxylic acids is 1. The fourth-order valence-corrected chi connectivity index (χ4v) is 4.03. The molecule has 22 heavy (non-hydrogen) atoms. The molecule has 1 N–H and O–H groups in total. The first kappa shape index (κ1) is 18.0. The average molecular weight is 542 g/mol. The molecule has 0 aliphatic heterocycles. The maximum Gasteiger partial charge on any atom is 0.254 e. The number of hydrogen-bond donors (Lipinski definition) is 1. The van der Waals surface area contributed by atoms with E-state index >= 15 is 0 Å². The summed E-state index contributed by atoms with van der Waals surface area (Å²) in [4.78, 5) is 12.2. The first-order chi connectivity index (χ1) is 10.3. The van der Waals surface area contributed by atoms with Crippen molar-refractivity contribution in [2.45, 2.75) is 13.7 Å². The Morgan fingerprint density at radius 1 is 1.05 bits per heavy atom. The molecule has 0 heterocycles. The van der Waals surface area contributed by atoms with E-state index in [4.69, 9.17) is 16.3 Å². The van der Waals surface area contributed by atoms with Gasteiger partial charge in [-0.15, -0.1) is 0 Å². The van der Waals surface area contributed by atoms with Crippen molar-refractivity contribution < 1.29 is 9.53 Å². The van der Waals surface area contributed by atoms with E-state index in [1.165, 1.54) is 0 Å². The summed E-state index contributed by atoms with van der Waals surface area (Å²) < 4.78 is 3.88. The number of halogens is 3. The van der Waals surface area contributed by atoms with Gasteiger partial charge in [0.15, 0.2) is 3.73 Å². The predicted molar refractivity (Wildman–Crippen MR) is 105 cm³/mol. The Morgan fingerprint density at radius 3 is 2.09 bits per heavy atom. The summed E-state index contributed by atoms with van der Waals surface area (Å²) in [6.07, 6.45) is 0. The normalized spacial score (nSPS) is 16.4. The van der Waals surface area contributed by atoms with Gasteiger partial charge in [-0.1, -0.05) is 60.1 Å². The van der Waals surface area contributed by atoms with Gasteiger partial charge in [0.05, 0.1) is 0 Å². The Hall–Kier alpha value is -0.380. The minimum Gasteiger partial charge on any atom is -0.316 e. The van der Waals surface area contributed by atoms with Crippen LogP contribution < -0.4 is 5.32 Å². The molecule has 0 fully saturated rings. The second-order valence-electron chi connectivity index (χ2n) is 4.72. The lowest BCUT2D eigenvalue weighted by Gasteiger charge is -2.32. The highest BCUT2D eigenvalue weighted by atomic mass is 127. The molecule has 0 spiro atoms. The molecule has 116 valence electrons. The van der Waals surface area contributed by atoms with E-state index in [0.717, 1.165) is 5.56 Å². The quantitative estimate of drug-likeness (QED) is 0.250. The summed E-state index contributed by atoms with van der Waals surface area (Å²) in [5.41, 5.74) is 1.39. The second kappa shape index (κ2) is 7.46. The van der Waals surface area contributed by atoms with E-state index < -0.39 is 6.80 Å². The van der Waals surface area contributed by atoms with E-state index in [1.807, 2.05) is 93.7 Å². The van der Waals surface area contributed by atoms with E-state index in [2.05, 4.69) is 5.32 Å². The van der Waals surface area contributed by atoms with Gasteiger partial charge in [0.2, 0.25) is 3.07 Å². The minimum absolute atomic E-state index is 0.213. The first-order valence-corrected chi connectivity index (χ1v) is 9.04. The molecule has 2 atom stereocenters. The molecule has 6 heteroatoms. The van der Waals surface area contributed by atoms with E-state index in [9.17, 15) is 4.79 Å². The van der Waals surface area contributed by atoms with Crippen LogP contribution in [0.4, 0.5) is 0 Å². The molecular formula is C16H14ClI2NO2. The molecule has 0 saturated heterocycles. The molecule has 1 amide bonds. The average Bonchev–Trinajstić information content (AvgIpc) is 2.47. The number of alkyl halides is 3. The highest BCUT2D eigenvalue weighted by Gasteiger charge is 2.36. The van der Waals surface area contributed by atoms with Gasteiger partial charge in [0.1, 0.15) is 0 Å². The molecule has 2 rings (SSSR count). The van der Waals surface area contributed by atoms with Crippen LogP contribution in [0.3, 0.4) is 0 Å². The Bertz CT molecular complexity index is 633. The topological polar surface area (TPSA) is 38.3 Å². The molecule has 0 aliphatic carbocycles. The molecule has 2 aromatic carbocycles. The van der Waals surface area contributed by atoms with Gasteiger partial charge in [-0.2, -0.15) is 0 Å². The smallest absolute Gasteiger partial charge is 0.254 e. The lowest BCUT2D eigenvalue weighted by atomic mass is 10.2. The molecule has 3 nitrogen and oxygen atoms in total. The predicted octanol–water partition coefficient (Wildman–Crippen LogP) is 5.03. The van der Waals surface area contributed by atoms with Crippen LogP contribution in [-0.4, -0.2) is 9.64 Å². The van der Waals surface area contributed by atoms with Crippen molar-refractivity contribution in [1.29, 1.82) is 0 Å². The Balaban J connectivity index is 2.09. The molecular weight excluding hydrogens is 527 g/mol. The monoisotopic (exact) mass is 541 g/mol. The Morgan fingerprint density at radius 2 is 1.55 bits per heavy atom. The number of nitrogens with one attached hydrogen (secondary N) is 1. The van der Waals surface area contributed by atoms with Crippen molar-refractivity contribution in [3.63, 3.8) is 0 Å². The van der Waals surface area contributed by atoms with E-state index in [1.54, 1.807) is 19.1 Å². The third-order valence-corrected chi connectivity index (χ3v) is 4.43. The van der Waals surface area contributed by atoms with Gasteiger partial charge in [-0.25, -0.2) is 0 Å². The summed E-state index contributed by atoms with van der Waals surface area (Å²) >= 11 is 10.5. The summed E-state index contributed by atoms with van der Waals surface area (Å²) in [6, 6.07) is 18.4. The highest BCUT2D eigenvalue weighted by molar-refractivity contribution is 14.1. The van der Waals surface area contributed by atoms with Gasteiger partial charge >= 0.3 is 0 Å². The standard InChI is InChI=1S/C16H14ClI2NO2/c1-15(18,20-14(21)12-8-4-2-5-9-12)22-16(17,19)13-10-6-3-7-11-13/h2-11H,1H3,(H,20,21). The van der Waals surface area contributed by atoms with Crippen LogP contribution in [0, 0.1) is 0 Å². The second-order valence-corrected chi connectivity index (χ2v) is 9.47. The van der Waals surface area contributed by atoms with Crippen LogP contribution in [0.1, 0.15) is 22.8 Å². The van der Waals surface area contributed by atoms with E-state index in [0.29, 0.717) is 5.56 Å². The minimum atomic E-state index is -1.07. The fraction of sp³-hybridized carbons (Fsp3) is 0.188. The largest absolute Gasteiger partial charge is 0.316 e. The lowest BCUT2D eigenvalue weighted by molar-refractivity contribution is -0.000531. The molecule has 0 radical (unpaired) electrons. The number of ether oxygens (including phenoxy) is 1. The van der Waals surface area contributed by atoms with Crippen molar-refractivity contribution in [2.75, 3.05) is 0 Å². The number of rotatable bonds is 5. The number of benzene rings is 2. The van der Waals surface area contributed by atoms with Crippen LogP contribution >= 0.6 is 56.8 Å². The van der Waals surface area contributed by atoms with Gasteiger partial charge in [-0.05, 0) is 64.2 Å². The molecule has 0 aliphatic rings. The molecule has 0 saturated carbocycles. The van der Waals surface area contributed by atoms with Crippen molar-refractivity contribution in [2.24, 2.45) is 0 Å². The maximum atomic E-state index is 12.2. The van der Waals surface area contributed by atoms with Crippen molar-refractivity contribution in [3.8, 4) is 0 Å². The zero-order valence-corrected chi connectivity index (χ0v) is 16.8. The van der Waals surface area contributed by atoms with Crippen molar-refractivity contribution in [1.82, 2.24) is 5.32 Å². The Kier molecular flexibility index (Phi) is 6.09. The van der Waals surface area contributed by atoms with Gasteiger partial charge < -0.3 is 10.1 Å². The Labute approximate surface area is 162 Å². The number of hydrogen-bond acceptors (Lipinski definition) is 2. The van der Waals surface area contributed by atoms with Crippen LogP contribution in [-0.2, 0) is 7.80 Å². The zero-order valence-electron chi connectivity index (χ0n) is 11.7. The maximum absolute atomic E-state index is 12.2. The highest BCUT2D eigenvalue weighted by Crippen LogP contribution is 2.42. The fourth-order valence-electron chi connectivity index (χ4n) is 1.82. The SMILES string of the molecule is CC(I)(NC(=O)c1ccccc1)OC(Cl)(I)c1ccccc1. The molecule has 0 bridgehead atoms. The van der Waals surface area contributed by atoms with Crippen LogP contribution in [0.5, 0.6) is 0 Å². The summed E-state index contributed by atoms with van der Waals surface area (Å²) in [5, 5.41) is 2.83.